The fourth-order valence-electron chi connectivity index (χ4n) is 8.23. The van der Waals surface area contributed by atoms with Gasteiger partial charge < -0.3 is 54.5 Å². The van der Waals surface area contributed by atoms with E-state index >= 15 is 0 Å². The molecule has 304 valence electrons. The summed E-state index contributed by atoms with van der Waals surface area (Å²) >= 11 is 0. The van der Waals surface area contributed by atoms with Gasteiger partial charge in [-0.05, 0) is 99.3 Å². The number of ether oxygens (including phenoxy) is 4. The van der Waals surface area contributed by atoms with Crippen molar-refractivity contribution in [3.05, 3.63) is 35.9 Å². The number of hydrogen-bond donors (Lipinski definition) is 5. The van der Waals surface area contributed by atoms with E-state index in [0.717, 1.165) is 12.0 Å². The first kappa shape index (κ1) is 45.0. The lowest BCUT2D eigenvalue weighted by Gasteiger charge is -2.47. The van der Waals surface area contributed by atoms with Crippen LogP contribution in [0.4, 0.5) is 4.79 Å². The third-order valence-corrected chi connectivity index (χ3v) is 11.4. The van der Waals surface area contributed by atoms with Crippen LogP contribution in [0.2, 0.25) is 0 Å². The Bertz CT molecular complexity index is 1280. The van der Waals surface area contributed by atoms with E-state index in [1.54, 1.807) is 34.6 Å². The number of rotatable bonds is 9. The molecule has 5 N–H and O–H groups in total. The van der Waals surface area contributed by atoms with E-state index < -0.39 is 78.0 Å². The van der Waals surface area contributed by atoms with Crippen molar-refractivity contribution in [3.63, 3.8) is 0 Å². The number of esters is 1. The average Bonchev–Trinajstić information content (AvgIpc) is 3.09. The normalized spacial score (nSPS) is 39.8. The molecule has 0 radical (unpaired) electrons. The summed E-state index contributed by atoms with van der Waals surface area (Å²) in [7, 11) is 5.58. The first-order chi connectivity index (χ1) is 24.7. The molecule has 0 aromatic heterocycles. The fourth-order valence-corrected chi connectivity index (χ4v) is 8.23. The summed E-state index contributed by atoms with van der Waals surface area (Å²) in [6.45, 7) is 14.6. The summed E-state index contributed by atoms with van der Waals surface area (Å²) in [5.41, 5.74) is -2.27. The number of nitrogens with one attached hydrogen (secondary N) is 1. The van der Waals surface area contributed by atoms with Crippen molar-refractivity contribution in [1.29, 1.82) is 0 Å². The molecule has 53 heavy (non-hydrogen) atoms. The lowest BCUT2D eigenvalue weighted by Crippen LogP contribution is -2.59. The van der Waals surface area contributed by atoms with E-state index in [1.165, 1.54) is 6.92 Å². The number of carbonyl (C=O) groups excluding carboxylic acids is 2. The van der Waals surface area contributed by atoms with E-state index in [2.05, 4.69) is 5.32 Å². The summed E-state index contributed by atoms with van der Waals surface area (Å²) in [5.74, 6) is -2.85. The van der Waals surface area contributed by atoms with Gasteiger partial charge in [0.25, 0.3) is 0 Å². The third-order valence-electron chi connectivity index (χ3n) is 11.4. The molecule has 2 aliphatic rings. The molecule has 1 aromatic rings. The van der Waals surface area contributed by atoms with Gasteiger partial charge in [0.1, 0.15) is 30.0 Å². The van der Waals surface area contributed by atoms with Crippen LogP contribution < -0.4 is 5.32 Å². The molecule has 2 aliphatic heterocycles. The number of hydrogen-bond acceptors (Lipinski definition) is 12. The molecule has 2 saturated heterocycles. The lowest BCUT2D eigenvalue weighted by molar-refractivity contribution is -0.299. The lowest BCUT2D eigenvalue weighted by atomic mass is 9.77. The van der Waals surface area contributed by atoms with Crippen LogP contribution in [0.15, 0.2) is 30.3 Å². The minimum atomic E-state index is -1.81. The number of nitrogens with zero attached hydrogens (tertiary/aromatic N) is 2. The van der Waals surface area contributed by atoms with Gasteiger partial charge in [-0.15, -0.1) is 0 Å². The van der Waals surface area contributed by atoms with Crippen molar-refractivity contribution in [2.45, 2.75) is 154 Å². The Labute approximate surface area is 317 Å². The number of aliphatic hydroxyl groups excluding tert-OH is 2. The number of amides is 1. The summed E-state index contributed by atoms with van der Waals surface area (Å²) in [4.78, 5) is 31.3. The van der Waals surface area contributed by atoms with Crippen LogP contribution in [-0.4, -0.2) is 143 Å². The maximum Gasteiger partial charge on any atom is 0.407 e. The topological polar surface area (TPSA) is 170 Å². The number of likely N-dealkylation sites (N-methyl/N-ethyl adjacent to an activating group) is 2. The van der Waals surface area contributed by atoms with Crippen LogP contribution in [0.1, 0.15) is 86.6 Å². The van der Waals surface area contributed by atoms with E-state index in [-0.39, 0.29) is 30.9 Å². The molecule has 0 spiro atoms. The SMILES string of the molecule is CC[C@H]1OC(=O)[C@H](C)[C@@H](OC(=O)NCCCc2ccccc2)[C@H](C)[C@@H](O[C@@H]2O[C@H](C)C[C@H](N(C)C)[C@H]2O)[C@](C)(O)C[C@@H](C)CN(C)[C@H](C)[C@@H](O)[C@]1(C)O. The third kappa shape index (κ3) is 11.8. The van der Waals surface area contributed by atoms with Crippen LogP contribution >= 0.6 is 0 Å². The summed E-state index contributed by atoms with van der Waals surface area (Å²) in [6.07, 6.45) is -5.50. The standard InChI is InChI=1S/C40H69N3O10/c1-12-31-40(8,49)34(45)28(6)43(11)23-24(2)22-39(7,48)35(53-37-32(44)30(42(9)10)21-25(3)50-37)26(4)33(27(5)36(46)51-31)52-38(47)41-20-16-19-29-17-14-13-15-18-29/h13-15,17-18,24-28,30-35,37,44-45,48-49H,12,16,19-23H2,1-11H3,(H,41,47)/t24-,25-,26+,27-,28-,30+,31-,32-,33+,34-,35-,37+,39-,40-/m1/s1. The molecule has 3 rings (SSSR count). The monoisotopic (exact) mass is 751 g/mol. The van der Waals surface area contributed by atoms with E-state index in [1.807, 2.05) is 75.1 Å². The molecular weight excluding hydrogens is 682 g/mol. The molecule has 13 heteroatoms. The maximum absolute atomic E-state index is 14.0. The molecule has 0 bridgehead atoms. The quantitative estimate of drug-likeness (QED) is 0.185. The van der Waals surface area contributed by atoms with Crippen molar-refractivity contribution < 1.29 is 49.0 Å². The number of cyclic esters (lactones) is 1. The van der Waals surface area contributed by atoms with Gasteiger partial charge >= 0.3 is 12.1 Å². The van der Waals surface area contributed by atoms with Crippen LogP contribution in [0.25, 0.3) is 0 Å². The van der Waals surface area contributed by atoms with Gasteiger partial charge in [0.05, 0.1) is 23.7 Å². The Hall–Kier alpha value is -2.36. The Morgan fingerprint density at radius 3 is 2.32 bits per heavy atom. The number of carbonyl (C=O) groups is 2. The zero-order chi connectivity index (χ0) is 39.8. The van der Waals surface area contributed by atoms with Gasteiger partial charge in [-0.3, -0.25) is 4.79 Å². The predicted octanol–water partition coefficient (Wildman–Crippen LogP) is 3.34. The molecule has 13 nitrogen and oxygen atoms in total. The van der Waals surface area contributed by atoms with E-state index in [0.29, 0.717) is 25.9 Å². The van der Waals surface area contributed by atoms with Gasteiger partial charge in [0.15, 0.2) is 6.29 Å². The molecule has 2 heterocycles. The first-order valence-electron chi connectivity index (χ1n) is 19.4. The van der Waals surface area contributed by atoms with E-state index in [9.17, 15) is 30.0 Å². The fraction of sp³-hybridized carbons (Fsp3) is 0.800. The van der Waals surface area contributed by atoms with Crippen LogP contribution in [-0.2, 0) is 30.2 Å². The maximum atomic E-state index is 14.0. The van der Waals surface area contributed by atoms with Crippen LogP contribution in [0.5, 0.6) is 0 Å². The Balaban J connectivity index is 2.04. The highest BCUT2D eigenvalue weighted by molar-refractivity contribution is 5.74. The van der Waals surface area contributed by atoms with Crippen LogP contribution in [0, 0.1) is 17.8 Å². The highest BCUT2D eigenvalue weighted by Gasteiger charge is 2.51. The Morgan fingerprint density at radius 1 is 1.08 bits per heavy atom. The van der Waals surface area contributed by atoms with E-state index in [4.69, 9.17) is 18.9 Å². The molecule has 1 amide bonds. The van der Waals surface area contributed by atoms with Crippen molar-refractivity contribution in [1.82, 2.24) is 15.1 Å². The molecule has 14 atom stereocenters. The molecule has 0 unspecified atom stereocenters. The zero-order valence-electron chi connectivity index (χ0n) is 33.9. The highest BCUT2D eigenvalue weighted by atomic mass is 16.7. The number of aryl methyl sites for hydroxylation is 1. The predicted molar refractivity (Wildman–Crippen MR) is 202 cm³/mol. The van der Waals surface area contributed by atoms with Gasteiger partial charge in [-0.2, -0.15) is 0 Å². The molecule has 2 fully saturated rings. The zero-order valence-corrected chi connectivity index (χ0v) is 33.9. The molecule has 0 aliphatic carbocycles. The summed E-state index contributed by atoms with van der Waals surface area (Å²) < 4.78 is 24.8. The second-order valence-corrected chi connectivity index (χ2v) is 16.5. The van der Waals surface area contributed by atoms with Crippen LogP contribution in [0.3, 0.4) is 0 Å². The summed E-state index contributed by atoms with van der Waals surface area (Å²) in [6, 6.07) is 9.08. The van der Waals surface area contributed by atoms with Crippen molar-refractivity contribution in [3.8, 4) is 0 Å². The molecule has 1 aromatic carbocycles. The van der Waals surface area contributed by atoms with Gasteiger partial charge in [0.2, 0.25) is 0 Å². The van der Waals surface area contributed by atoms with Gasteiger partial charge in [-0.25, -0.2) is 4.79 Å². The second kappa shape index (κ2) is 19.5. The van der Waals surface area contributed by atoms with Crippen molar-refractivity contribution in [2.75, 3.05) is 34.2 Å². The minimum absolute atomic E-state index is 0.159. The van der Waals surface area contributed by atoms with Crippen molar-refractivity contribution >= 4 is 12.1 Å². The number of aliphatic hydroxyl groups is 4. The smallest absolute Gasteiger partial charge is 0.407 e. The number of alkyl carbamates (subject to hydrolysis) is 1. The number of benzene rings is 1. The summed E-state index contributed by atoms with van der Waals surface area (Å²) in [5, 5.41) is 49.8. The Kier molecular flexibility index (Phi) is 16.6. The van der Waals surface area contributed by atoms with Gasteiger partial charge in [0, 0.05) is 31.1 Å². The molecule has 0 saturated carbocycles. The Morgan fingerprint density at radius 2 is 1.72 bits per heavy atom. The first-order valence-corrected chi connectivity index (χ1v) is 19.4. The highest BCUT2D eigenvalue weighted by Crippen LogP contribution is 2.37. The van der Waals surface area contributed by atoms with Crippen molar-refractivity contribution in [2.24, 2.45) is 17.8 Å². The second-order valence-electron chi connectivity index (χ2n) is 16.5. The molecular formula is C40H69N3O10. The largest absolute Gasteiger partial charge is 0.459 e. The van der Waals surface area contributed by atoms with Gasteiger partial charge in [-0.1, -0.05) is 51.1 Å². The average molecular weight is 752 g/mol. The minimum Gasteiger partial charge on any atom is -0.459 e.